The van der Waals surface area contributed by atoms with Crippen molar-refractivity contribution in [2.24, 2.45) is 0 Å². The summed E-state index contributed by atoms with van der Waals surface area (Å²) in [5, 5.41) is -0.172. The minimum atomic E-state index is -3.28. The Bertz CT molecular complexity index is 261. The van der Waals surface area contributed by atoms with Crippen molar-refractivity contribution in [2.45, 2.75) is 31.6 Å². The number of alkyl halides is 1. The lowest BCUT2D eigenvalue weighted by Gasteiger charge is -2.26. The molecule has 6 heteroatoms. The lowest BCUT2D eigenvalue weighted by Crippen LogP contribution is -2.44. The first-order valence-corrected chi connectivity index (χ1v) is 6.79. The zero-order chi connectivity index (χ0) is 10.6. The van der Waals surface area contributed by atoms with Crippen LogP contribution in [0.15, 0.2) is 0 Å². The highest BCUT2D eigenvalue weighted by Crippen LogP contribution is 2.11. The van der Waals surface area contributed by atoms with Gasteiger partial charge in [0.25, 0.3) is 10.2 Å². The van der Waals surface area contributed by atoms with Crippen LogP contribution in [0, 0.1) is 0 Å². The van der Waals surface area contributed by atoms with Gasteiger partial charge >= 0.3 is 0 Å². The van der Waals surface area contributed by atoms with E-state index in [1.54, 1.807) is 6.92 Å². The third kappa shape index (κ3) is 3.73. The Labute approximate surface area is 90.8 Å². The van der Waals surface area contributed by atoms with Crippen molar-refractivity contribution in [3.63, 3.8) is 0 Å². The van der Waals surface area contributed by atoms with Crippen molar-refractivity contribution in [3.05, 3.63) is 0 Å². The van der Waals surface area contributed by atoms with E-state index in [1.807, 2.05) is 0 Å². The first kappa shape index (κ1) is 12.2. The van der Waals surface area contributed by atoms with Crippen LogP contribution in [0.4, 0.5) is 0 Å². The third-order valence-electron chi connectivity index (χ3n) is 2.20. The van der Waals surface area contributed by atoms with Crippen molar-refractivity contribution in [1.29, 1.82) is 0 Å². The molecule has 0 aliphatic carbocycles. The van der Waals surface area contributed by atoms with Crippen LogP contribution >= 0.6 is 11.6 Å². The first-order valence-electron chi connectivity index (χ1n) is 4.91. The monoisotopic (exact) mass is 240 g/mol. The predicted molar refractivity (Wildman–Crippen MR) is 57.7 cm³/mol. The second kappa shape index (κ2) is 5.30. The summed E-state index contributed by atoms with van der Waals surface area (Å²) in [6.45, 7) is 3.32. The van der Waals surface area contributed by atoms with Gasteiger partial charge in [-0.2, -0.15) is 12.7 Å². The maximum atomic E-state index is 11.6. The topological polar surface area (TPSA) is 49.4 Å². The number of nitrogens with one attached hydrogen (secondary N) is 1. The summed E-state index contributed by atoms with van der Waals surface area (Å²) in [6, 6.07) is 0. The zero-order valence-corrected chi connectivity index (χ0v) is 9.94. The maximum Gasteiger partial charge on any atom is 0.279 e. The van der Waals surface area contributed by atoms with Crippen molar-refractivity contribution in [1.82, 2.24) is 9.03 Å². The molecule has 0 radical (unpaired) electrons. The van der Waals surface area contributed by atoms with E-state index in [4.69, 9.17) is 11.6 Å². The van der Waals surface area contributed by atoms with E-state index in [2.05, 4.69) is 4.72 Å². The molecule has 1 fully saturated rings. The van der Waals surface area contributed by atoms with E-state index in [1.165, 1.54) is 4.31 Å². The van der Waals surface area contributed by atoms with Gasteiger partial charge in [0.05, 0.1) is 0 Å². The van der Waals surface area contributed by atoms with E-state index in [9.17, 15) is 8.42 Å². The number of nitrogens with zero attached hydrogens (tertiary/aromatic N) is 1. The molecule has 0 aromatic heterocycles. The highest BCUT2D eigenvalue weighted by molar-refractivity contribution is 7.87. The van der Waals surface area contributed by atoms with Crippen molar-refractivity contribution in [2.75, 3.05) is 19.6 Å². The summed E-state index contributed by atoms with van der Waals surface area (Å²) in [6.07, 6.45) is 3.03. The van der Waals surface area contributed by atoms with Gasteiger partial charge in [-0.25, -0.2) is 4.72 Å². The lowest BCUT2D eigenvalue weighted by atomic mass is 10.2. The molecule has 1 saturated heterocycles. The second-order valence-electron chi connectivity index (χ2n) is 3.59. The zero-order valence-electron chi connectivity index (χ0n) is 8.37. The average molecular weight is 241 g/mol. The molecular formula is C8H17ClN2O2S. The molecule has 4 nitrogen and oxygen atoms in total. The van der Waals surface area contributed by atoms with Gasteiger partial charge in [-0.15, -0.1) is 11.6 Å². The Balaban J connectivity index is 2.46. The average Bonchev–Trinajstić information content (AvgIpc) is 2.16. The molecule has 0 bridgehead atoms. The first-order chi connectivity index (χ1) is 6.52. The molecule has 1 heterocycles. The van der Waals surface area contributed by atoms with Gasteiger partial charge in [-0.3, -0.25) is 0 Å². The largest absolute Gasteiger partial charge is 0.279 e. The van der Waals surface area contributed by atoms with Gasteiger partial charge in [0.1, 0.15) is 0 Å². The second-order valence-corrected chi connectivity index (χ2v) is 6.09. The number of piperidine rings is 1. The third-order valence-corrected chi connectivity index (χ3v) is 3.93. The van der Waals surface area contributed by atoms with Gasteiger partial charge in [-0.05, 0) is 19.8 Å². The van der Waals surface area contributed by atoms with E-state index in [-0.39, 0.29) is 5.38 Å². The Morgan fingerprint density at radius 3 is 2.43 bits per heavy atom. The van der Waals surface area contributed by atoms with E-state index in [0.29, 0.717) is 19.6 Å². The van der Waals surface area contributed by atoms with Crippen LogP contribution in [-0.4, -0.2) is 37.7 Å². The number of halogens is 1. The van der Waals surface area contributed by atoms with Gasteiger partial charge in [-0.1, -0.05) is 6.42 Å². The minimum Gasteiger partial charge on any atom is -0.201 e. The maximum absolute atomic E-state index is 11.6. The van der Waals surface area contributed by atoms with Crippen LogP contribution < -0.4 is 4.72 Å². The van der Waals surface area contributed by atoms with Crippen LogP contribution in [0.2, 0.25) is 0 Å². The molecule has 1 aliphatic heterocycles. The van der Waals surface area contributed by atoms with Crippen molar-refractivity contribution in [3.8, 4) is 0 Å². The molecule has 0 saturated carbocycles. The van der Waals surface area contributed by atoms with E-state index in [0.717, 1.165) is 19.3 Å². The normalized spacial score (nSPS) is 22.1. The van der Waals surface area contributed by atoms with Gasteiger partial charge < -0.3 is 0 Å². The summed E-state index contributed by atoms with van der Waals surface area (Å²) in [5.74, 6) is 0. The molecule has 1 rings (SSSR count). The van der Waals surface area contributed by atoms with Gasteiger partial charge in [0.2, 0.25) is 0 Å². The highest BCUT2D eigenvalue weighted by Gasteiger charge is 2.23. The summed E-state index contributed by atoms with van der Waals surface area (Å²) < 4.78 is 27.3. The molecule has 14 heavy (non-hydrogen) atoms. The molecule has 0 spiro atoms. The van der Waals surface area contributed by atoms with Crippen LogP contribution in [0.5, 0.6) is 0 Å². The van der Waals surface area contributed by atoms with Crippen LogP contribution in [0.3, 0.4) is 0 Å². The SMILES string of the molecule is CC(Cl)CNS(=O)(=O)N1CCCCC1. The summed E-state index contributed by atoms with van der Waals surface area (Å²) in [5.41, 5.74) is 0. The minimum absolute atomic E-state index is 0.172. The molecular weight excluding hydrogens is 224 g/mol. The summed E-state index contributed by atoms with van der Waals surface area (Å²) in [7, 11) is -3.28. The molecule has 0 aromatic carbocycles. The van der Waals surface area contributed by atoms with E-state index >= 15 is 0 Å². The quantitative estimate of drug-likeness (QED) is 0.744. The standard InChI is InChI=1S/C8H17ClN2O2S/c1-8(9)7-10-14(12,13)11-5-3-2-4-6-11/h8,10H,2-7H2,1H3. The molecule has 1 N–H and O–H groups in total. The van der Waals surface area contributed by atoms with Crippen LogP contribution in [0.1, 0.15) is 26.2 Å². The Morgan fingerprint density at radius 1 is 1.36 bits per heavy atom. The lowest BCUT2D eigenvalue weighted by molar-refractivity contribution is 0.342. The fourth-order valence-electron chi connectivity index (χ4n) is 1.42. The smallest absolute Gasteiger partial charge is 0.201 e. The Kier molecular flexibility index (Phi) is 4.63. The predicted octanol–water partition coefficient (Wildman–Crippen LogP) is 0.934. The molecule has 0 amide bonds. The molecule has 84 valence electrons. The summed E-state index contributed by atoms with van der Waals surface area (Å²) in [4.78, 5) is 0. The van der Waals surface area contributed by atoms with Crippen LogP contribution in [0.25, 0.3) is 0 Å². The van der Waals surface area contributed by atoms with Crippen LogP contribution in [-0.2, 0) is 10.2 Å². The Hall–Kier alpha value is 0.160. The fraction of sp³-hybridized carbons (Fsp3) is 1.00. The number of hydrogen-bond acceptors (Lipinski definition) is 2. The number of hydrogen-bond donors (Lipinski definition) is 1. The van der Waals surface area contributed by atoms with Crippen molar-refractivity contribution >= 4 is 21.8 Å². The fourth-order valence-corrected chi connectivity index (χ4v) is 2.97. The van der Waals surface area contributed by atoms with Crippen molar-refractivity contribution < 1.29 is 8.42 Å². The Morgan fingerprint density at radius 2 is 1.93 bits per heavy atom. The van der Waals surface area contributed by atoms with Gasteiger partial charge in [0.15, 0.2) is 0 Å². The van der Waals surface area contributed by atoms with E-state index < -0.39 is 10.2 Å². The highest BCUT2D eigenvalue weighted by atomic mass is 35.5. The number of rotatable bonds is 4. The molecule has 1 aliphatic rings. The molecule has 1 unspecified atom stereocenters. The van der Waals surface area contributed by atoms with Gasteiger partial charge in [0, 0.05) is 25.0 Å². The molecule has 0 aromatic rings. The summed E-state index contributed by atoms with van der Waals surface area (Å²) >= 11 is 5.68. The molecule has 1 atom stereocenters.